The van der Waals surface area contributed by atoms with E-state index in [0.717, 1.165) is 10.9 Å². The highest BCUT2D eigenvalue weighted by molar-refractivity contribution is 7.91. The number of hydrogen-bond acceptors (Lipinski definition) is 5. The molecule has 28 heavy (non-hydrogen) atoms. The van der Waals surface area contributed by atoms with Gasteiger partial charge in [-0.2, -0.15) is 0 Å². The lowest BCUT2D eigenvalue weighted by Crippen LogP contribution is -2.45. The number of nitrogens with zero attached hydrogens (tertiary/aromatic N) is 1. The van der Waals surface area contributed by atoms with Crippen LogP contribution in [0.25, 0.3) is 10.9 Å². The Balaban J connectivity index is 1.35. The number of amides is 3. The Labute approximate surface area is 161 Å². The van der Waals surface area contributed by atoms with Gasteiger partial charge in [-0.3, -0.25) is 25.2 Å². The summed E-state index contributed by atoms with van der Waals surface area (Å²) in [6.45, 7) is 0.161. The van der Waals surface area contributed by atoms with Crippen LogP contribution in [-0.2, 0) is 19.4 Å². The SMILES string of the molecule is O=C(NNC(=O)C1CC(=O)N(C2CCS(=O)(=O)C2)C1)c1c[nH]c2ccccc12. The monoisotopic (exact) mass is 404 g/mol. The highest BCUT2D eigenvalue weighted by Gasteiger charge is 2.42. The van der Waals surface area contributed by atoms with Crippen molar-refractivity contribution in [2.24, 2.45) is 5.92 Å². The van der Waals surface area contributed by atoms with Crippen LogP contribution in [0.4, 0.5) is 0 Å². The number of rotatable bonds is 3. The Morgan fingerprint density at radius 1 is 1.18 bits per heavy atom. The molecule has 2 unspecified atom stereocenters. The van der Waals surface area contributed by atoms with Crippen molar-refractivity contribution in [2.75, 3.05) is 18.1 Å². The first-order valence-corrected chi connectivity index (χ1v) is 10.8. The van der Waals surface area contributed by atoms with Crippen molar-refractivity contribution in [2.45, 2.75) is 18.9 Å². The number of carbonyl (C=O) groups is 3. The van der Waals surface area contributed by atoms with Crippen LogP contribution < -0.4 is 10.9 Å². The van der Waals surface area contributed by atoms with Crippen LogP contribution in [0.2, 0.25) is 0 Å². The highest BCUT2D eigenvalue weighted by atomic mass is 32.2. The molecule has 3 amide bonds. The van der Waals surface area contributed by atoms with Gasteiger partial charge >= 0.3 is 0 Å². The van der Waals surface area contributed by atoms with Gasteiger partial charge in [0.15, 0.2) is 9.84 Å². The molecule has 2 atom stereocenters. The highest BCUT2D eigenvalue weighted by Crippen LogP contribution is 2.26. The van der Waals surface area contributed by atoms with Crippen molar-refractivity contribution >= 4 is 38.5 Å². The number of fused-ring (bicyclic) bond motifs is 1. The van der Waals surface area contributed by atoms with Gasteiger partial charge in [0.25, 0.3) is 5.91 Å². The van der Waals surface area contributed by atoms with Crippen molar-refractivity contribution in [3.05, 3.63) is 36.0 Å². The summed E-state index contributed by atoms with van der Waals surface area (Å²) in [5, 5.41) is 0.735. The zero-order chi connectivity index (χ0) is 19.9. The molecule has 2 aromatic rings. The molecular weight excluding hydrogens is 384 g/mol. The van der Waals surface area contributed by atoms with Gasteiger partial charge in [-0.1, -0.05) is 18.2 Å². The molecule has 9 nitrogen and oxygen atoms in total. The molecule has 1 aromatic heterocycles. The average Bonchev–Trinajstić information content (AvgIpc) is 3.35. The minimum atomic E-state index is -3.11. The quantitative estimate of drug-likeness (QED) is 0.619. The summed E-state index contributed by atoms with van der Waals surface area (Å²) in [7, 11) is -3.11. The summed E-state index contributed by atoms with van der Waals surface area (Å²) >= 11 is 0. The van der Waals surface area contributed by atoms with E-state index in [0.29, 0.717) is 12.0 Å². The van der Waals surface area contributed by atoms with Gasteiger partial charge in [0.05, 0.1) is 23.0 Å². The fourth-order valence-corrected chi connectivity index (χ4v) is 5.56. The fourth-order valence-electron chi connectivity index (χ4n) is 3.83. The molecule has 4 rings (SSSR count). The van der Waals surface area contributed by atoms with E-state index in [1.54, 1.807) is 12.3 Å². The van der Waals surface area contributed by atoms with Gasteiger partial charge < -0.3 is 9.88 Å². The molecule has 0 bridgehead atoms. The van der Waals surface area contributed by atoms with E-state index in [1.807, 2.05) is 18.2 Å². The minimum Gasteiger partial charge on any atom is -0.360 e. The van der Waals surface area contributed by atoms with Crippen molar-refractivity contribution in [3.8, 4) is 0 Å². The number of hydrogen-bond donors (Lipinski definition) is 3. The van der Waals surface area contributed by atoms with E-state index in [9.17, 15) is 22.8 Å². The van der Waals surface area contributed by atoms with Gasteiger partial charge in [0.1, 0.15) is 0 Å². The number of hydrazine groups is 1. The Morgan fingerprint density at radius 3 is 2.71 bits per heavy atom. The Bertz CT molecular complexity index is 1060. The Morgan fingerprint density at radius 2 is 1.96 bits per heavy atom. The number of aromatic amines is 1. The molecule has 2 aliphatic rings. The van der Waals surface area contributed by atoms with E-state index < -0.39 is 27.6 Å². The topological polar surface area (TPSA) is 128 Å². The Hall–Kier alpha value is -2.88. The number of benzene rings is 1. The first kappa shape index (κ1) is 18.5. The van der Waals surface area contributed by atoms with Crippen LogP contribution in [-0.4, -0.2) is 60.1 Å². The van der Waals surface area contributed by atoms with Crippen LogP contribution >= 0.6 is 0 Å². The zero-order valence-corrected chi connectivity index (χ0v) is 15.8. The third-order valence-electron chi connectivity index (χ3n) is 5.31. The van der Waals surface area contributed by atoms with E-state index >= 15 is 0 Å². The zero-order valence-electron chi connectivity index (χ0n) is 15.0. The molecule has 2 aliphatic heterocycles. The summed E-state index contributed by atoms with van der Waals surface area (Å²) in [5.74, 6) is -1.77. The van der Waals surface area contributed by atoms with Crippen LogP contribution in [0, 0.1) is 5.92 Å². The lowest BCUT2D eigenvalue weighted by Gasteiger charge is -2.22. The van der Waals surface area contributed by atoms with Gasteiger partial charge in [-0.25, -0.2) is 8.42 Å². The van der Waals surface area contributed by atoms with Gasteiger partial charge in [0, 0.05) is 36.1 Å². The van der Waals surface area contributed by atoms with Crippen LogP contribution in [0.5, 0.6) is 0 Å². The molecule has 148 valence electrons. The average molecular weight is 404 g/mol. The number of carbonyl (C=O) groups excluding carboxylic acids is 3. The summed E-state index contributed by atoms with van der Waals surface area (Å²) < 4.78 is 23.3. The van der Waals surface area contributed by atoms with Gasteiger partial charge in [0.2, 0.25) is 11.8 Å². The lowest BCUT2D eigenvalue weighted by molar-refractivity contribution is -0.130. The maximum atomic E-state index is 12.4. The molecule has 0 radical (unpaired) electrons. The third kappa shape index (κ3) is 3.47. The second-order valence-electron chi connectivity index (χ2n) is 7.20. The number of H-pyrrole nitrogens is 1. The molecule has 0 saturated carbocycles. The van der Waals surface area contributed by atoms with Gasteiger partial charge in [-0.05, 0) is 12.5 Å². The number of aromatic nitrogens is 1. The second kappa shape index (κ2) is 6.93. The van der Waals surface area contributed by atoms with E-state index in [1.165, 1.54) is 4.90 Å². The maximum Gasteiger partial charge on any atom is 0.271 e. The molecule has 0 aliphatic carbocycles. The number of sulfone groups is 1. The molecule has 0 spiro atoms. The molecule has 2 fully saturated rings. The molecule has 3 heterocycles. The largest absolute Gasteiger partial charge is 0.360 e. The predicted octanol–water partition coefficient (Wildman–Crippen LogP) is -0.0355. The number of nitrogens with one attached hydrogen (secondary N) is 3. The van der Waals surface area contributed by atoms with Crippen LogP contribution in [0.3, 0.4) is 0 Å². The first-order chi connectivity index (χ1) is 13.3. The molecule has 3 N–H and O–H groups in total. The summed E-state index contributed by atoms with van der Waals surface area (Å²) in [6, 6.07) is 6.93. The van der Waals surface area contributed by atoms with Crippen molar-refractivity contribution in [1.29, 1.82) is 0 Å². The minimum absolute atomic E-state index is 0.00529. The van der Waals surface area contributed by atoms with Crippen molar-refractivity contribution < 1.29 is 22.8 Å². The predicted molar refractivity (Wildman–Crippen MR) is 101 cm³/mol. The number of para-hydroxylation sites is 1. The second-order valence-corrected chi connectivity index (χ2v) is 9.42. The Kier molecular flexibility index (Phi) is 4.58. The third-order valence-corrected chi connectivity index (χ3v) is 7.06. The van der Waals surface area contributed by atoms with Crippen molar-refractivity contribution in [1.82, 2.24) is 20.7 Å². The van der Waals surface area contributed by atoms with E-state index in [4.69, 9.17) is 0 Å². The standard InChI is InChI=1S/C18H20N4O5S/c23-16-7-11(9-22(16)12-5-6-28(26,27)10-12)17(24)20-21-18(25)14-8-19-15-4-2-1-3-13(14)15/h1-4,8,11-12,19H,5-7,9-10H2,(H,20,24)(H,21,25). The summed E-state index contributed by atoms with van der Waals surface area (Å²) in [5.41, 5.74) is 5.96. The smallest absolute Gasteiger partial charge is 0.271 e. The van der Waals surface area contributed by atoms with E-state index in [-0.39, 0.29) is 36.4 Å². The van der Waals surface area contributed by atoms with Crippen LogP contribution in [0.1, 0.15) is 23.2 Å². The fraction of sp³-hybridized carbons (Fsp3) is 0.389. The molecular formula is C18H20N4O5S. The van der Waals surface area contributed by atoms with Gasteiger partial charge in [-0.15, -0.1) is 0 Å². The molecule has 1 aromatic carbocycles. The normalized spacial score (nSPS) is 23.9. The van der Waals surface area contributed by atoms with Crippen LogP contribution in [0.15, 0.2) is 30.5 Å². The van der Waals surface area contributed by atoms with Crippen molar-refractivity contribution in [3.63, 3.8) is 0 Å². The molecule has 10 heteroatoms. The summed E-state index contributed by atoms with van der Waals surface area (Å²) in [4.78, 5) is 41.4. The van der Waals surface area contributed by atoms with E-state index in [2.05, 4.69) is 15.8 Å². The summed E-state index contributed by atoms with van der Waals surface area (Å²) in [6.07, 6.45) is 1.97. The maximum absolute atomic E-state index is 12.4. The lowest BCUT2D eigenvalue weighted by atomic mass is 10.1. The first-order valence-electron chi connectivity index (χ1n) is 9.00. The molecule has 2 saturated heterocycles. The number of likely N-dealkylation sites (tertiary alicyclic amines) is 1.